The number of carboxylic acid groups (broad SMARTS) is 1. The van der Waals surface area contributed by atoms with Crippen molar-refractivity contribution in [1.82, 2.24) is 4.90 Å². The van der Waals surface area contributed by atoms with Crippen LogP contribution in [-0.4, -0.2) is 39.9 Å². The molecule has 0 unspecified atom stereocenters. The molecule has 1 fully saturated rings. The summed E-state index contributed by atoms with van der Waals surface area (Å²) < 4.78 is 0. The van der Waals surface area contributed by atoms with E-state index in [1.54, 1.807) is 4.90 Å². The first-order valence-corrected chi connectivity index (χ1v) is 8.27. The second-order valence-electron chi connectivity index (χ2n) is 6.35. The lowest BCUT2D eigenvalue weighted by atomic mass is 9.73. The number of rotatable bonds is 4. The molecule has 0 atom stereocenters. The van der Waals surface area contributed by atoms with Crippen LogP contribution in [0.1, 0.15) is 28.8 Å². The quantitative estimate of drug-likeness (QED) is 0.672. The molecule has 0 bridgehead atoms. The first-order valence-electron chi connectivity index (χ1n) is 8.27. The zero-order chi connectivity index (χ0) is 18.7. The summed E-state index contributed by atoms with van der Waals surface area (Å²) in [6, 6.07) is 14.5. The van der Waals surface area contributed by atoms with Crippen molar-refractivity contribution < 1.29 is 19.6 Å². The molecule has 7 heteroatoms. The van der Waals surface area contributed by atoms with Crippen molar-refractivity contribution in [2.24, 2.45) is 0 Å². The molecular formula is C19H18N2O5. The zero-order valence-corrected chi connectivity index (χ0v) is 14.0. The topological polar surface area (TPSA) is 101 Å². The molecule has 134 valence electrons. The average Bonchev–Trinajstić information content (AvgIpc) is 2.68. The monoisotopic (exact) mass is 354 g/mol. The Hall–Kier alpha value is -3.22. The van der Waals surface area contributed by atoms with Crippen LogP contribution in [0.4, 0.5) is 5.69 Å². The van der Waals surface area contributed by atoms with E-state index in [-0.39, 0.29) is 11.6 Å². The summed E-state index contributed by atoms with van der Waals surface area (Å²) in [7, 11) is 0. The largest absolute Gasteiger partial charge is 0.481 e. The number of carbonyl (C=O) groups is 2. The highest BCUT2D eigenvalue weighted by molar-refractivity contribution is 5.94. The van der Waals surface area contributed by atoms with Crippen LogP contribution in [0.15, 0.2) is 54.6 Å². The number of nitrogens with zero attached hydrogens (tertiary/aromatic N) is 2. The van der Waals surface area contributed by atoms with Gasteiger partial charge >= 0.3 is 5.97 Å². The number of hydrogen-bond donors (Lipinski definition) is 1. The molecule has 1 N–H and O–H groups in total. The molecule has 1 aliphatic heterocycles. The summed E-state index contributed by atoms with van der Waals surface area (Å²) in [4.78, 5) is 36.4. The van der Waals surface area contributed by atoms with E-state index in [2.05, 4.69) is 0 Å². The first-order chi connectivity index (χ1) is 12.4. The Balaban J connectivity index is 1.75. The van der Waals surface area contributed by atoms with Crippen molar-refractivity contribution in [2.75, 3.05) is 13.1 Å². The lowest BCUT2D eigenvalue weighted by Crippen LogP contribution is -2.49. The number of carboxylic acids is 1. The summed E-state index contributed by atoms with van der Waals surface area (Å²) in [5.41, 5.74) is 0.0373. The molecule has 1 aliphatic rings. The number of nitro benzene ring substituents is 1. The summed E-state index contributed by atoms with van der Waals surface area (Å²) >= 11 is 0. The molecule has 0 aromatic heterocycles. The SMILES string of the molecule is O=C(c1ccc([N+](=O)[O-])cc1)N1CCC(C(=O)O)(c2ccccc2)CC1. The second kappa shape index (κ2) is 6.95. The predicted octanol–water partition coefficient (Wildman–Crippen LogP) is 2.85. The number of hydrogen-bond acceptors (Lipinski definition) is 4. The molecule has 0 radical (unpaired) electrons. The Morgan fingerprint density at radius 1 is 1.00 bits per heavy atom. The van der Waals surface area contributed by atoms with E-state index in [1.165, 1.54) is 24.3 Å². The maximum absolute atomic E-state index is 12.6. The molecule has 3 rings (SSSR count). The van der Waals surface area contributed by atoms with Crippen molar-refractivity contribution in [3.8, 4) is 0 Å². The maximum Gasteiger partial charge on any atom is 0.314 e. The minimum absolute atomic E-state index is 0.0748. The highest BCUT2D eigenvalue weighted by atomic mass is 16.6. The van der Waals surface area contributed by atoms with Gasteiger partial charge in [0, 0.05) is 30.8 Å². The zero-order valence-electron chi connectivity index (χ0n) is 14.0. The standard InChI is InChI=1S/C19H18N2O5/c22-17(14-6-8-16(9-7-14)21(25)26)20-12-10-19(11-13-20,18(23)24)15-4-2-1-3-5-15/h1-9H,10-13H2,(H,23,24). The number of amides is 1. The van der Waals surface area contributed by atoms with Crippen molar-refractivity contribution in [3.05, 3.63) is 75.8 Å². The highest BCUT2D eigenvalue weighted by Crippen LogP contribution is 2.36. The van der Waals surface area contributed by atoms with Gasteiger partial charge in [0.25, 0.3) is 11.6 Å². The highest BCUT2D eigenvalue weighted by Gasteiger charge is 2.43. The molecule has 0 aliphatic carbocycles. The molecule has 1 saturated heterocycles. The van der Waals surface area contributed by atoms with E-state index in [0.29, 0.717) is 31.5 Å². The van der Waals surface area contributed by atoms with Crippen LogP contribution in [0.3, 0.4) is 0 Å². The van der Waals surface area contributed by atoms with E-state index in [0.717, 1.165) is 5.56 Å². The van der Waals surface area contributed by atoms with Crippen LogP contribution in [-0.2, 0) is 10.2 Å². The Bertz CT molecular complexity index is 825. The van der Waals surface area contributed by atoms with E-state index >= 15 is 0 Å². The van der Waals surface area contributed by atoms with Gasteiger partial charge in [-0.05, 0) is 30.5 Å². The predicted molar refractivity (Wildman–Crippen MR) is 94.0 cm³/mol. The van der Waals surface area contributed by atoms with E-state index < -0.39 is 16.3 Å². The molecule has 0 spiro atoms. The number of benzene rings is 2. The molecular weight excluding hydrogens is 336 g/mol. The normalized spacial score (nSPS) is 16.1. The number of piperidine rings is 1. The third-order valence-electron chi connectivity index (χ3n) is 4.97. The Kier molecular flexibility index (Phi) is 4.71. The molecule has 2 aromatic rings. The van der Waals surface area contributed by atoms with Gasteiger partial charge in [-0.25, -0.2) is 0 Å². The molecule has 7 nitrogen and oxygen atoms in total. The number of carbonyl (C=O) groups excluding carboxylic acids is 1. The van der Waals surface area contributed by atoms with Crippen molar-refractivity contribution in [3.63, 3.8) is 0 Å². The van der Waals surface area contributed by atoms with Crippen LogP contribution < -0.4 is 0 Å². The van der Waals surface area contributed by atoms with Crippen LogP contribution in [0, 0.1) is 10.1 Å². The molecule has 0 saturated carbocycles. The second-order valence-corrected chi connectivity index (χ2v) is 6.35. The lowest BCUT2D eigenvalue weighted by molar-refractivity contribution is -0.384. The average molecular weight is 354 g/mol. The van der Waals surface area contributed by atoms with Gasteiger partial charge in [-0.15, -0.1) is 0 Å². The van der Waals surface area contributed by atoms with Gasteiger partial charge in [0.15, 0.2) is 0 Å². The van der Waals surface area contributed by atoms with Crippen LogP contribution in [0.5, 0.6) is 0 Å². The summed E-state index contributed by atoms with van der Waals surface area (Å²) in [6.07, 6.45) is 0.649. The van der Waals surface area contributed by atoms with Gasteiger partial charge in [-0.2, -0.15) is 0 Å². The van der Waals surface area contributed by atoms with Crippen molar-refractivity contribution >= 4 is 17.6 Å². The third-order valence-corrected chi connectivity index (χ3v) is 4.97. The van der Waals surface area contributed by atoms with Crippen LogP contribution >= 0.6 is 0 Å². The molecule has 1 heterocycles. The van der Waals surface area contributed by atoms with E-state index in [9.17, 15) is 24.8 Å². The lowest BCUT2D eigenvalue weighted by Gasteiger charge is -2.39. The maximum atomic E-state index is 12.6. The minimum atomic E-state index is -0.993. The fourth-order valence-electron chi connectivity index (χ4n) is 3.38. The van der Waals surface area contributed by atoms with Crippen molar-refractivity contribution in [1.29, 1.82) is 0 Å². The summed E-state index contributed by atoms with van der Waals surface area (Å²) in [6.45, 7) is 0.633. The Morgan fingerprint density at radius 2 is 1.58 bits per heavy atom. The van der Waals surface area contributed by atoms with Gasteiger partial charge in [-0.3, -0.25) is 19.7 Å². The number of aliphatic carboxylic acids is 1. The number of likely N-dealkylation sites (tertiary alicyclic amines) is 1. The van der Waals surface area contributed by atoms with Crippen molar-refractivity contribution in [2.45, 2.75) is 18.3 Å². The Labute approximate surface area is 150 Å². The van der Waals surface area contributed by atoms with E-state index in [1.807, 2.05) is 30.3 Å². The fourth-order valence-corrected chi connectivity index (χ4v) is 3.38. The van der Waals surface area contributed by atoms with Gasteiger partial charge < -0.3 is 10.0 Å². The van der Waals surface area contributed by atoms with E-state index in [4.69, 9.17) is 0 Å². The molecule has 2 aromatic carbocycles. The summed E-state index contributed by atoms with van der Waals surface area (Å²) in [5.74, 6) is -1.13. The summed E-state index contributed by atoms with van der Waals surface area (Å²) in [5, 5.41) is 20.5. The fraction of sp³-hybridized carbons (Fsp3) is 0.263. The number of non-ortho nitro benzene ring substituents is 1. The van der Waals surface area contributed by atoms with Gasteiger partial charge in [0.05, 0.1) is 10.3 Å². The van der Waals surface area contributed by atoms with Gasteiger partial charge in [-0.1, -0.05) is 30.3 Å². The Morgan fingerprint density at radius 3 is 2.08 bits per heavy atom. The van der Waals surface area contributed by atoms with Crippen LogP contribution in [0.25, 0.3) is 0 Å². The minimum Gasteiger partial charge on any atom is -0.481 e. The number of nitro groups is 1. The first kappa shape index (κ1) is 17.6. The van der Waals surface area contributed by atoms with Gasteiger partial charge in [0.2, 0.25) is 0 Å². The molecule has 26 heavy (non-hydrogen) atoms. The third kappa shape index (κ3) is 3.15. The van der Waals surface area contributed by atoms with Gasteiger partial charge in [0.1, 0.15) is 0 Å². The van der Waals surface area contributed by atoms with Crippen LogP contribution in [0.2, 0.25) is 0 Å². The molecule has 1 amide bonds. The smallest absolute Gasteiger partial charge is 0.314 e.